The molecular formula is C22H21ClN2O3. The number of nitrogens with zero attached hydrogens (tertiary/aromatic N) is 2. The third-order valence-electron chi connectivity index (χ3n) is 4.79. The molecule has 28 heavy (non-hydrogen) atoms. The lowest BCUT2D eigenvalue weighted by Crippen LogP contribution is -2.48. The molecule has 2 aromatic carbocycles. The maximum absolute atomic E-state index is 13.1. The molecule has 0 saturated carbocycles. The summed E-state index contributed by atoms with van der Waals surface area (Å²) in [4.78, 5) is 17.1. The summed E-state index contributed by atoms with van der Waals surface area (Å²) in [5.74, 6) is 1.32. The monoisotopic (exact) mass is 396 g/mol. The number of furan rings is 1. The number of benzene rings is 2. The van der Waals surface area contributed by atoms with Gasteiger partial charge in [-0.05, 0) is 29.8 Å². The van der Waals surface area contributed by atoms with Crippen molar-refractivity contribution in [2.75, 3.05) is 31.1 Å². The fourth-order valence-electron chi connectivity index (χ4n) is 3.28. The summed E-state index contributed by atoms with van der Waals surface area (Å²) < 4.78 is 11.4. The molecule has 0 spiro atoms. The SMILES string of the molecule is O=C(c1cc(Cl)ccc1OCc1ccccc1)N1CCN(c2ccco2)CC1. The lowest BCUT2D eigenvalue weighted by Gasteiger charge is -2.34. The number of carbonyl (C=O) groups is 1. The highest BCUT2D eigenvalue weighted by atomic mass is 35.5. The van der Waals surface area contributed by atoms with Crippen molar-refractivity contribution in [3.8, 4) is 5.75 Å². The van der Waals surface area contributed by atoms with E-state index in [0.717, 1.165) is 24.5 Å². The Morgan fingerprint density at radius 3 is 2.50 bits per heavy atom. The normalized spacial score (nSPS) is 14.2. The fraction of sp³-hybridized carbons (Fsp3) is 0.227. The van der Waals surface area contributed by atoms with Gasteiger partial charge in [0.1, 0.15) is 12.4 Å². The van der Waals surface area contributed by atoms with Crippen LogP contribution in [0, 0.1) is 0 Å². The van der Waals surface area contributed by atoms with Crippen molar-refractivity contribution in [2.24, 2.45) is 0 Å². The summed E-state index contributed by atoms with van der Waals surface area (Å²) in [6, 6.07) is 18.9. The van der Waals surface area contributed by atoms with E-state index in [2.05, 4.69) is 4.90 Å². The summed E-state index contributed by atoms with van der Waals surface area (Å²) in [7, 11) is 0. The number of hydrogen-bond acceptors (Lipinski definition) is 4. The van der Waals surface area contributed by atoms with E-state index in [-0.39, 0.29) is 5.91 Å². The zero-order valence-corrected chi connectivity index (χ0v) is 16.1. The number of rotatable bonds is 5. The van der Waals surface area contributed by atoms with Crippen LogP contribution < -0.4 is 9.64 Å². The fourth-order valence-corrected chi connectivity index (χ4v) is 3.45. The first-order chi connectivity index (χ1) is 13.7. The third kappa shape index (κ3) is 4.15. The van der Waals surface area contributed by atoms with Crippen LogP contribution in [0.5, 0.6) is 5.75 Å². The first-order valence-electron chi connectivity index (χ1n) is 9.25. The van der Waals surface area contributed by atoms with Gasteiger partial charge in [0, 0.05) is 37.3 Å². The van der Waals surface area contributed by atoms with Crippen molar-refractivity contribution in [2.45, 2.75) is 6.61 Å². The first kappa shape index (κ1) is 18.4. The lowest BCUT2D eigenvalue weighted by molar-refractivity contribution is 0.0740. The average Bonchev–Trinajstić information content (AvgIpc) is 3.28. The molecule has 0 N–H and O–H groups in total. The average molecular weight is 397 g/mol. The molecule has 144 valence electrons. The molecule has 0 bridgehead atoms. The highest BCUT2D eigenvalue weighted by Crippen LogP contribution is 2.26. The molecular weight excluding hydrogens is 376 g/mol. The van der Waals surface area contributed by atoms with Gasteiger partial charge in [0.25, 0.3) is 5.91 Å². The van der Waals surface area contributed by atoms with Crippen molar-refractivity contribution >= 4 is 23.4 Å². The Labute approximate surface area is 169 Å². The number of anilines is 1. The van der Waals surface area contributed by atoms with Crippen LogP contribution in [-0.2, 0) is 6.61 Å². The topological polar surface area (TPSA) is 45.9 Å². The van der Waals surface area contributed by atoms with Gasteiger partial charge in [0.2, 0.25) is 0 Å². The molecule has 0 radical (unpaired) electrons. The molecule has 4 rings (SSSR count). The Morgan fingerprint density at radius 1 is 1.00 bits per heavy atom. The molecule has 6 heteroatoms. The molecule has 0 atom stereocenters. The molecule has 1 aliphatic heterocycles. The van der Waals surface area contributed by atoms with Gasteiger partial charge in [-0.15, -0.1) is 0 Å². The van der Waals surface area contributed by atoms with Crippen LogP contribution in [-0.4, -0.2) is 37.0 Å². The highest BCUT2D eigenvalue weighted by Gasteiger charge is 2.25. The molecule has 2 heterocycles. The van der Waals surface area contributed by atoms with Crippen molar-refractivity contribution in [3.63, 3.8) is 0 Å². The van der Waals surface area contributed by atoms with Crippen LogP contribution in [0.15, 0.2) is 71.3 Å². The van der Waals surface area contributed by atoms with Crippen LogP contribution >= 0.6 is 11.6 Å². The Balaban J connectivity index is 1.45. The van der Waals surface area contributed by atoms with Gasteiger partial charge in [-0.2, -0.15) is 0 Å². The quantitative estimate of drug-likeness (QED) is 0.638. The van der Waals surface area contributed by atoms with Gasteiger partial charge >= 0.3 is 0 Å². The Morgan fingerprint density at radius 2 is 1.79 bits per heavy atom. The largest absolute Gasteiger partial charge is 0.488 e. The van der Waals surface area contributed by atoms with E-state index >= 15 is 0 Å². The first-order valence-corrected chi connectivity index (χ1v) is 9.62. The summed E-state index contributed by atoms with van der Waals surface area (Å²) in [5.41, 5.74) is 1.54. The minimum Gasteiger partial charge on any atom is -0.488 e. The molecule has 1 aliphatic rings. The van der Waals surface area contributed by atoms with Crippen molar-refractivity contribution in [1.82, 2.24) is 4.90 Å². The second-order valence-electron chi connectivity index (χ2n) is 6.65. The van der Waals surface area contributed by atoms with Gasteiger partial charge < -0.3 is 19.0 Å². The number of piperazine rings is 1. The van der Waals surface area contributed by atoms with E-state index in [1.807, 2.05) is 47.4 Å². The van der Waals surface area contributed by atoms with Gasteiger partial charge in [-0.3, -0.25) is 4.79 Å². The number of carbonyl (C=O) groups excluding carboxylic acids is 1. The maximum Gasteiger partial charge on any atom is 0.257 e. The van der Waals surface area contributed by atoms with E-state index < -0.39 is 0 Å². The smallest absolute Gasteiger partial charge is 0.257 e. The van der Waals surface area contributed by atoms with Crippen molar-refractivity contribution < 1.29 is 13.9 Å². The maximum atomic E-state index is 13.1. The molecule has 3 aromatic rings. The molecule has 1 amide bonds. The molecule has 5 nitrogen and oxygen atoms in total. The van der Waals surface area contributed by atoms with Crippen molar-refractivity contribution in [3.05, 3.63) is 83.1 Å². The second-order valence-corrected chi connectivity index (χ2v) is 7.08. The predicted octanol–water partition coefficient (Wildman–Crippen LogP) is 4.47. The second kappa shape index (κ2) is 8.40. The Kier molecular flexibility index (Phi) is 5.53. The molecule has 0 unspecified atom stereocenters. The van der Waals surface area contributed by atoms with Gasteiger partial charge in [-0.25, -0.2) is 0 Å². The van der Waals surface area contributed by atoms with Crippen LogP contribution in [0.25, 0.3) is 0 Å². The van der Waals surface area contributed by atoms with Crippen LogP contribution in [0.1, 0.15) is 15.9 Å². The van der Waals surface area contributed by atoms with Crippen LogP contribution in [0.3, 0.4) is 0 Å². The van der Waals surface area contributed by atoms with Crippen LogP contribution in [0.2, 0.25) is 5.02 Å². The summed E-state index contributed by atoms with van der Waals surface area (Å²) >= 11 is 6.16. The summed E-state index contributed by atoms with van der Waals surface area (Å²) in [6.45, 7) is 3.07. The van der Waals surface area contributed by atoms with E-state index in [0.29, 0.717) is 36.0 Å². The number of halogens is 1. The zero-order valence-electron chi connectivity index (χ0n) is 15.4. The van der Waals surface area contributed by atoms with E-state index in [1.165, 1.54) is 0 Å². The lowest BCUT2D eigenvalue weighted by atomic mass is 10.1. The predicted molar refractivity (Wildman–Crippen MR) is 109 cm³/mol. The van der Waals surface area contributed by atoms with E-state index in [1.54, 1.807) is 24.5 Å². The van der Waals surface area contributed by atoms with E-state index in [9.17, 15) is 4.79 Å². The molecule has 1 aromatic heterocycles. The van der Waals surface area contributed by atoms with Crippen molar-refractivity contribution in [1.29, 1.82) is 0 Å². The minimum absolute atomic E-state index is 0.0651. The Bertz CT molecular complexity index is 920. The summed E-state index contributed by atoms with van der Waals surface area (Å²) in [5, 5.41) is 0.518. The standard InChI is InChI=1S/C22H21ClN2O3/c23-18-8-9-20(28-16-17-5-2-1-3-6-17)19(15-18)22(26)25-12-10-24(11-13-25)21-7-4-14-27-21/h1-9,14-15H,10-13,16H2. The zero-order chi connectivity index (χ0) is 19.3. The van der Waals surface area contributed by atoms with E-state index in [4.69, 9.17) is 20.8 Å². The van der Waals surface area contributed by atoms with Crippen LogP contribution in [0.4, 0.5) is 5.88 Å². The minimum atomic E-state index is -0.0651. The summed E-state index contributed by atoms with van der Waals surface area (Å²) in [6.07, 6.45) is 1.66. The van der Waals surface area contributed by atoms with Gasteiger partial charge in [0.05, 0.1) is 11.8 Å². The number of amides is 1. The Hall–Kier alpha value is -2.92. The van der Waals surface area contributed by atoms with Gasteiger partial charge in [0.15, 0.2) is 5.88 Å². The molecule has 1 fully saturated rings. The number of ether oxygens (including phenoxy) is 1. The number of hydrogen-bond donors (Lipinski definition) is 0. The molecule has 0 aliphatic carbocycles. The molecule has 1 saturated heterocycles. The third-order valence-corrected chi connectivity index (χ3v) is 5.03. The highest BCUT2D eigenvalue weighted by molar-refractivity contribution is 6.31. The van der Waals surface area contributed by atoms with Gasteiger partial charge in [-0.1, -0.05) is 41.9 Å².